The van der Waals surface area contributed by atoms with Gasteiger partial charge in [-0.05, 0) is 84.5 Å². The van der Waals surface area contributed by atoms with Gasteiger partial charge in [0.2, 0.25) is 0 Å². The lowest BCUT2D eigenvalue weighted by Gasteiger charge is -2.35. The molecule has 33 heavy (non-hydrogen) atoms. The predicted molar refractivity (Wildman–Crippen MR) is 133 cm³/mol. The Kier molecular flexibility index (Phi) is 8.09. The number of benzene rings is 2. The Morgan fingerprint density at radius 3 is 2.67 bits per heavy atom. The fourth-order valence-corrected chi connectivity index (χ4v) is 4.50. The van der Waals surface area contributed by atoms with Crippen molar-refractivity contribution in [2.24, 2.45) is 0 Å². The van der Waals surface area contributed by atoms with Gasteiger partial charge in [-0.25, -0.2) is 4.79 Å². The molecule has 1 aliphatic heterocycles. The van der Waals surface area contributed by atoms with E-state index in [0.29, 0.717) is 13.2 Å². The predicted octanol–water partition coefficient (Wildman–Crippen LogP) is 5.65. The second-order valence-corrected chi connectivity index (χ2v) is 8.53. The number of hydrogen-bond acceptors (Lipinski definition) is 4. The van der Waals surface area contributed by atoms with Crippen LogP contribution in [0.1, 0.15) is 48.9 Å². The fraction of sp³-hybridized carbons (Fsp3) is 0.370. The van der Waals surface area contributed by atoms with Gasteiger partial charge in [0, 0.05) is 12.1 Å². The normalized spacial score (nSPS) is 16.6. The molecule has 6 heteroatoms. The summed E-state index contributed by atoms with van der Waals surface area (Å²) >= 11 is 0. The van der Waals surface area contributed by atoms with E-state index in [9.17, 15) is 9.90 Å². The first-order chi connectivity index (χ1) is 15.5. The molecule has 0 bridgehead atoms. The minimum atomic E-state index is -0.791. The Morgan fingerprint density at radius 1 is 1.18 bits per heavy atom. The number of ether oxygens (including phenoxy) is 2. The molecule has 0 fully saturated rings. The van der Waals surface area contributed by atoms with Gasteiger partial charge in [-0.1, -0.05) is 31.5 Å². The first-order valence-electron chi connectivity index (χ1n) is 11.3. The van der Waals surface area contributed by atoms with Gasteiger partial charge in [0.05, 0.1) is 7.11 Å². The Morgan fingerprint density at radius 2 is 2.00 bits per heavy atom. The number of fused-ring (bicyclic) bond motifs is 1. The minimum Gasteiger partial charge on any atom is -0.496 e. The number of methoxy groups -OCH3 is 1. The van der Waals surface area contributed by atoms with Crippen LogP contribution in [0.5, 0.6) is 11.5 Å². The zero-order valence-corrected chi connectivity index (χ0v) is 20.3. The van der Waals surface area contributed by atoms with Gasteiger partial charge in [-0.15, -0.1) is 12.4 Å². The molecule has 1 N–H and O–H groups in total. The van der Waals surface area contributed by atoms with Crippen LogP contribution in [-0.2, 0) is 24.2 Å². The first kappa shape index (κ1) is 24.7. The molecule has 0 saturated heterocycles. The number of allylic oxidation sites excluding steroid dienone is 1. The molecule has 0 radical (unpaired) electrons. The fourth-order valence-electron chi connectivity index (χ4n) is 4.50. The summed E-state index contributed by atoms with van der Waals surface area (Å²) < 4.78 is 11.7. The van der Waals surface area contributed by atoms with Crippen molar-refractivity contribution in [3.05, 3.63) is 76.5 Å². The van der Waals surface area contributed by atoms with Crippen molar-refractivity contribution in [2.75, 3.05) is 13.7 Å². The average Bonchev–Trinajstić information content (AvgIpc) is 2.76. The third-order valence-corrected chi connectivity index (χ3v) is 6.44. The van der Waals surface area contributed by atoms with Crippen LogP contribution in [0.15, 0.2) is 54.2 Å². The summed E-state index contributed by atoms with van der Waals surface area (Å²) in [4.78, 5) is 13.2. The number of hydrogen-bond donors (Lipinski definition) is 1. The Balaban J connectivity index is 0.00000306. The summed E-state index contributed by atoms with van der Waals surface area (Å²) in [6.45, 7) is 5.45. The summed E-state index contributed by atoms with van der Waals surface area (Å²) in [6, 6.07) is 12.1. The number of carbonyl (C=O) groups is 1. The van der Waals surface area contributed by atoms with E-state index < -0.39 is 12.0 Å². The highest BCUT2D eigenvalue weighted by Gasteiger charge is 2.29. The van der Waals surface area contributed by atoms with E-state index in [1.165, 1.54) is 27.8 Å². The molecule has 0 aromatic heterocycles. The molecular weight excluding hydrogens is 438 g/mol. The average molecular weight is 470 g/mol. The maximum absolute atomic E-state index is 11.3. The van der Waals surface area contributed by atoms with Crippen LogP contribution in [0.4, 0.5) is 0 Å². The summed E-state index contributed by atoms with van der Waals surface area (Å²) in [7, 11) is 1.70. The first-order valence-corrected chi connectivity index (χ1v) is 11.3. The molecule has 0 saturated carbocycles. The number of halogens is 1. The lowest BCUT2D eigenvalue weighted by atomic mass is 9.85. The molecule has 1 heterocycles. The lowest BCUT2D eigenvalue weighted by Crippen LogP contribution is -2.43. The molecule has 1 atom stereocenters. The number of carboxylic acid groups (broad SMARTS) is 1. The largest absolute Gasteiger partial charge is 0.496 e. The summed E-state index contributed by atoms with van der Waals surface area (Å²) in [5, 5.41) is 9.26. The number of aliphatic carboxylic acids is 1. The van der Waals surface area contributed by atoms with E-state index in [1.807, 2.05) is 17.2 Å². The maximum Gasteiger partial charge on any atom is 0.330 e. The van der Waals surface area contributed by atoms with Crippen molar-refractivity contribution >= 4 is 23.9 Å². The molecular formula is C27H32ClNO4. The van der Waals surface area contributed by atoms with E-state index >= 15 is 0 Å². The molecule has 2 aromatic carbocycles. The molecule has 2 aliphatic rings. The van der Waals surface area contributed by atoms with E-state index in [0.717, 1.165) is 42.7 Å². The van der Waals surface area contributed by atoms with E-state index in [4.69, 9.17) is 9.47 Å². The van der Waals surface area contributed by atoms with Crippen LogP contribution >= 0.6 is 12.4 Å². The topological polar surface area (TPSA) is 59.0 Å². The van der Waals surface area contributed by atoms with Gasteiger partial charge < -0.3 is 19.5 Å². The smallest absolute Gasteiger partial charge is 0.330 e. The van der Waals surface area contributed by atoms with E-state index in [1.54, 1.807) is 13.2 Å². The van der Waals surface area contributed by atoms with Crippen molar-refractivity contribution in [1.29, 1.82) is 0 Å². The Bertz CT molecular complexity index is 1080. The molecule has 2 aromatic rings. The number of aryl methyl sites for hydroxylation is 2. The maximum atomic E-state index is 11.3. The Hall–Kier alpha value is -2.92. The molecule has 5 nitrogen and oxygen atoms in total. The van der Waals surface area contributed by atoms with Crippen LogP contribution in [0.25, 0.3) is 5.57 Å². The van der Waals surface area contributed by atoms with Crippen molar-refractivity contribution in [2.45, 2.75) is 52.2 Å². The molecule has 0 amide bonds. The van der Waals surface area contributed by atoms with Crippen LogP contribution in [0.2, 0.25) is 0 Å². The monoisotopic (exact) mass is 469 g/mol. The van der Waals surface area contributed by atoms with Gasteiger partial charge in [0.1, 0.15) is 24.1 Å². The van der Waals surface area contributed by atoms with Crippen molar-refractivity contribution in [3.63, 3.8) is 0 Å². The number of carboxylic acids is 1. The van der Waals surface area contributed by atoms with Gasteiger partial charge in [0.25, 0.3) is 0 Å². The second-order valence-electron chi connectivity index (χ2n) is 8.53. The van der Waals surface area contributed by atoms with Gasteiger partial charge in [-0.3, -0.25) is 0 Å². The SMILES string of the molecule is CCCc1ccc(COc2ccc3c(c2)CCC(CN2C=CC2C(=O)O)=C3C)c(OC)c1.Cl. The second kappa shape index (κ2) is 10.8. The molecule has 1 aliphatic carbocycles. The highest BCUT2D eigenvalue weighted by molar-refractivity contribution is 5.85. The summed E-state index contributed by atoms with van der Waals surface area (Å²) in [6.07, 6.45) is 7.62. The zero-order chi connectivity index (χ0) is 22.7. The van der Waals surface area contributed by atoms with E-state index in [-0.39, 0.29) is 12.4 Å². The number of nitrogens with zero attached hydrogens (tertiary/aromatic N) is 1. The zero-order valence-electron chi connectivity index (χ0n) is 19.5. The van der Waals surface area contributed by atoms with Crippen LogP contribution < -0.4 is 9.47 Å². The third kappa shape index (κ3) is 5.36. The third-order valence-electron chi connectivity index (χ3n) is 6.44. The van der Waals surface area contributed by atoms with Crippen molar-refractivity contribution < 1.29 is 19.4 Å². The molecule has 1 unspecified atom stereocenters. The molecule has 176 valence electrons. The van der Waals surface area contributed by atoms with E-state index in [2.05, 4.69) is 44.2 Å². The minimum absolute atomic E-state index is 0. The summed E-state index contributed by atoms with van der Waals surface area (Å²) in [5.74, 6) is 0.939. The van der Waals surface area contributed by atoms with Gasteiger partial charge in [0.15, 0.2) is 0 Å². The highest BCUT2D eigenvalue weighted by atomic mass is 35.5. The van der Waals surface area contributed by atoms with Crippen LogP contribution in [0.3, 0.4) is 0 Å². The summed E-state index contributed by atoms with van der Waals surface area (Å²) in [5.41, 5.74) is 7.39. The number of rotatable bonds is 9. The quantitative estimate of drug-likeness (QED) is 0.514. The van der Waals surface area contributed by atoms with Crippen LogP contribution in [-0.4, -0.2) is 35.7 Å². The van der Waals surface area contributed by atoms with Crippen molar-refractivity contribution in [1.82, 2.24) is 4.90 Å². The highest BCUT2D eigenvalue weighted by Crippen LogP contribution is 2.35. The molecule has 0 spiro atoms. The van der Waals surface area contributed by atoms with Crippen LogP contribution in [0, 0.1) is 0 Å². The standard InChI is InChI=1S/C27H31NO4.ClH/c1-4-5-19-6-7-22(26(14-19)31-3)17-32-23-10-11-24-18(2)21(9-8-20(24)15-23)16-28-13-12-25(28)27(29)30;/h6-7,10-15,25H,4-5,8-9,16-17H2,1-3H3,(H,29,30);1H. The molecule has 4 rings (SSSR count). The lowest BCUT2D eigenvalue weighted by molar-refractivity contribution is -0.141. The van der Waals surface area contributed by atoms with Gasteiger partial charge >= 0.3 is 5.97 Å². The van der Waals surface area contributed by atoms with Crippen molar-refractivity contribution in [3.8, 4) is 11.5 Å². The Labute approximate surface area is 202 Å². The van der Waals surface area contributed by atoms with Gasteiger partial charge in [-0.2, -0.15) is 0 Å².